The first-order valence-electron chi connectivity index (χ1n) is 10.7. The molecule has 0 bridgehead atoms. The summed E-state index contributed by atoms with van der Waals surface area (Å²) in [5.41, 5.74) is 1.97. The van der Waals surface area contributed by atoms with Crippen LogP contribution in [0.5, 0.6) is 11.6 Å². The third-order valence-electron chi connectivity index (χ3n) is 5.47. The predicted octanol–water partition coefficient (Wildman–Crippen LogP) is 5.51. The largest absolute Gasteiger partial charge is 0.439 e. The Morgan fingerprint density at radius 2 is 1.64 bits per heavy atom. The number of hydrogen-bond donors (Lipinski definition) is 1. The van der Waals surface area contributed by atoms with Gasteiger partial charge in [0, 0.05) is 17.4 Å². The summed E-state index contributed by atoms with van der Waals surface area (Å²) in [6.07, 6.45) is -4.66. The number of aryl methyl sites for hydroxylation is 2. The molecule has 2 aromatic heterocycles. The Balaban J connectivity index is 1.53. The number of nitrogens with zero attached hydrogens (tertiary/aromatic N) is 4. The molecular weight excluding hydrogens is 495 g/mol. The molecule has 0 fully saturated rings. The normalized spacial score (nSPS) is 12.0. The van der Waals surface area contributed by atoms with Crippen molar-refractivity contribution in [3.05, 3.63) is 82.9 Å². The fraction of sp³-hybridized carbons (Fsp3) is 0.208. The molecule has 188 valence electrons. The first-order chi connectivity index (χ1) is 16.8. The van der Waals surface area contributed by atoms with Gasteiger partial charge >= 0.3 is 6.18 Å². The van der Waals surface area contributed by atoms with Crippen molar-refractivity contribution in [2.75, 3.05) is 4.72 Å². The molecule has 12 heteroatoms. The van der Waals surface area contributed by atoms with Gasteiger partial charge < -0.3 is 4.74 Å². The number of benzene rings is 2. The second kappa shape index (κ2) is 9.26. The van der Waals surface area contributed by atoms with Crippen LogP contribution in [0.3, 0.4) is 0 Å². The Kier molecular flexibility index (Phi) is 6.48. The lowest BCUT2D eigenvalue weighted by molar-refractivity contribution is -0.137. The molecule has 4 aromatic rings. The minimum absolute atomic E-state index is 0.150. The molecule has 8 nitrogen and oxygen atoms in total. The maximum absolute atomic E-state index is 12.9. The highest BCUT2D eigenvalue weighted by Crippen LogP contribution is 2.31. The van der Waals surface area contributed by atoms with Crippen molar-refractivity contribution in [3.63, 3.8) is 0 Å². The second-order valence-corrected chi connectivity index (χ2v) is 9.76. The summed E-state index contributed by atoms with van der Waals surface area (Å²) in [6, 6.07) is 11.0. The van der Waals surface area contributed by atoms with Crippen LogP contribution in [0, 0.1) is 27.7 Å². The zero-order chi connectivity index (χ0) is 26.3. The highest BCUT2D eigenvalue weighted by atomic mass is 32.2. The van der Waals surface area contributed by atoms with Gasteiger partial charge in [0.1, 0.15) is 11.6 Å². The molecule has 0 spiro atoms. The minimum atomic E-state index is -4.66. The molecule has 2 aromatic carbocycles. The monoisotopic (exact) mass is 517 g/mol. The van der Waals surface area contributed by atoms with Crippen molar-refractivity contribution >= 4 is 15.7 Å². The van der Waals surface area contributed by atoms with E-state index in [1.165, 1.54) is 24.3 Å². The van der Waals surface area contributed by atoms with E-state index < -0.39 is 26.7 Å². The number of alkyl halides is 3. The number of aromatic nitrogens is 4. The maximum atomic E-state index is 12.9. The molecule has 0 atom stereocenters. The molecule has 36 heavy (non-hydrogen) atoms. The standard InChI is InChI=1S/C24H22F3N5O3S/c1-14-15(2)30-32(16(14)3)22-13-23(29-17(4)28-22)35-20-10-8-19(9-11-20)31-36(33,34)21-7-5-6-18(12-21)24(25,26)27/h5-13,31H,1-4H3. The van der Waals surface area contributed by atoms with E-state index in [-0.39, 0.29) is 11.6 Å². The Hall–Kier alpha value is -3.93. The van der Waals surface area contributed by atoms with Crippen LogP contribution in [-0.2, 0) is 16.2 Å². The number of nitrogens with one attached hydrogen (secondary N) is 1. The molecule has 0 radical (unpaired) electrons. The van der Waals surface area contributed by atoms with Gasteiger partial charge in [-0.25, -0.2) is 18.1 Å². The summed E-state index contributed by atoms with van der Waals surface area (Å²) in [6.45, 7) is 7.54. The average molecular weight is 518 g/mol. The van der Waals surface area contributed by atoms with Crippen LogP contribution >= 0.6 is 0 Å². The van der Waals surface area contributed by atoms with Crippen LogP contribution in [0.4, 0.5) is 18.9 Å². The Bertz CT molecular complexity index is 1530. The van der Waals surface area contributed by atoms with Gasteiger partial charge in [0.05, 0.1) is 16.2 Å². The van der Waals surface area contributed by atoms with Crippen LogP contribution in [-0.4, -0.2) is 28.2 Å². The van der Waals surface area contributed by atoms with Gasteiger partial charge in [-0.05, 0) is 75.7 Å². The molecule has 4 rings (SSSR count). The molecule has 1 N–H and O–H groups in total. The van der Waals surface area contributed by atoms with Gasteiger partial charge in [-0.15, -0.1) is 0 Å². The quantitative estimate of drug-likeness (QED) is 0.362. The smallest absolute Gasteiger partial charge is 0.416 e. The molecule has 2 heterocycles. The number of halogens is 3. The molecule has 0 saturated carbocycles. The second-order valence-electron chi connectivity index (χ2n) is 8.08. The van der Waals surface area contributed by atoms with Crippen molar-refractivity contribution in [1.82, 2.24) is 19.7 Å². The Morgan fingerprint density at radius 1 is 0.944 bits per heavy atom. The van der Waals surface area contributed by atoms with Crippen LogP contribution in [0.2, 0.25) is 0 Å². The summed E-state index contributed by atoms with van der Waals surface area (Å²) < 4.78 is 73.8. The molecular formula is C24H22F3N5O3S. The first kappa shape index (κ1) is 25.2. The fourth-order valence-electron chi connectivity index (χ4n) is 3.40. The number of sulfonamides is 1. The fourth-order valence-corrected chi connectivity index (χ4v) is 4.50. The molecule has 0 unspecified atom stereocenters. The number of hydrogen-bond acceptors (Lipinski definition) is 6. The summed E-state index contributed by atoms with van der Waals surface area (Å²) in [4.78, 5) is 8.21. The van der Waals surface area contributed by atoms with E-state index in [0.717, 1.165) is 35.2 Å². The summed E-state index contributed by atoms with van der Waals surface area (Å²) in [5, 5.41) is 4.50. The molecule has 0 aliphatic carbocycles. The molecule has 0 aliphatic heterocycles. The van der Waals surface area contributed by atoms with Gasteiger partial charge in [-0.1, -0.05) is 6.07 Å². The average Bonchev–Trinajstić information content (AvgIpc) is 3.07. The first-order valence-corrected chi connectivity index (χ1v) is 12.2. The third-order valence-corrected chi connectivity index (χ3v) is 6.85. The van der Waals surface area contributed by atoms with E-state index in [9.17, 15) is 21.6 Å². The van der Waals surface area contributed by atoms with E-state index in [4.69, 9.17) is 4.74 Å². The zero-order valence-corrected chi connectivity index (χ0v) is 20.6. The SMILES string of the molecule is Cc1nc(Oc2ccc(NS(=O)(=O)c3cccc(C(F)(F)F)c3)cc2)cc(-n2nc(C)c(C)c2C)n1. The summed E-state index contributed by atoms with van der Waals surface area (Å²) >= 11 is 0. The van der Waals surface area contributed by atoms with Gasteiger partial charge in [0.25, 0.3) is 10.0 Å². The van der Waals surface area contributed by atoms with Gasteiger partial charge in [-0.3, -0.25) is 4.72 Å². The number of rotatable bonds is 6. The van der Waals surface area contributed by atoms with Crippen LogP contribution in [0.25, 0.3) is 5.82 Å². The van der Waals surface area contributed by atoms with Crippen molar-refractivity contribution in [2.24, 2.45) is 0 Å². The number of ether oxygens (including phenoxy) is 1. The van der Waals surface area contributed by atoms with E-state index in [1.807, 2.05) is 20.8 Å². The lowest BCUT2D eigenvalue weighted by atomic mass is 10.2. The molecule has 0 saturated heterocycles. The predicted molar refractivity (Wildman–Crippen MR) is 127 cm³/mol. The highest BCUT2D eigenvalue weighted by molar-refractivity contribution is 7.92. The van der Waals surface area contributed by atoms with E-state index in [2.05, 4.69) is 19.8 Å². The van der Waals surface area contributed by atoms with E-state index >= 15 is 0 Å². The summed E-state index contributed by atoms with van der Waals surface area (Å²) in [5.74, 6) is 1.64. The van der Waals surface area contributed by atoms with Crippen molar-refractivity contribution < 1.29 is 26.3 Å². The highest BCUT2D eigenvalue weighted by Gasteiger charge is 2.31. The van der Waals surface area contributed by atoms with Crippen LogP contribution in [0.1, 0.15) is 28.3 Å². The van der Waals surface area contributed by atoms with E-state index in [0.29, 0.717) is 23.5 Å². The lowest BCUT2D eigenvalue weighted by Crippen LogP contribution is -2.14. The van der Waals surface area contributed by atoms with Gasteiger partial charge in [0.15, 0.2) is 5.82 Å². The zero-order valence-electron chi connectivity index (χ0n) is 19.8. The Morgan fingerprint density at radius 3 is 2.25 bits per heavy atom. The van der Waals surface area contributed by atoms with Crippen molar-refractivity contribution in [3.8, 4) is 17.4 Å². The molecule has 0 amide bonds. The van der Waals surface area contributed by atoms with E-state index in [1.54, 1.807) is 17.7 Å². The minimum Gasteiger partial charge on any atom is -0.439 e. The topological polar surface area (TPSA) is 99.0 Å². The number of anilines is 1. The Labute approximate surface area is 205 Å². The van der Waals surface area contributed by atoms with Gasteiger partial charge in [0.2, 0.25) is 5.88 Å². The van der Waals surface area contributed by atoms with Crippen molar-refractivity contribution in [1.29, 1.82) is 0 Å². The van der Waals surface area contributed by atoms with Crippen LogP contribution in [0.15, 0.2) is 59.5 Å². The van der Waals surface area contributed by atoms with Crippen molar-refractivity contribution in [2.45, 2.75) is 38.8 Å². The maximum Gasteiger partial charge on any atom is 0.416 e. The van der Waals surface area contributed by atoms with Gasteiger partial charge in [-0.2, -0.15) is 23.3 Å². The third kappa shape index (κ3) is 5.33. The van der Waals surface area contributed by atoms with Crippen LogP contribution < -0.4 is 9.46 Å². The lowest BCUT2D eigenvalue weighted by Gasteiger charge is -2.12. The molecule has 0 aliphatic rings. The summed E-state index contributed by atoms with van der Waals surface area (Å²) in [7, 11) is -4.24.